The SMILES string of the molecule is O=C(CCCc1ccc(Cl)cc1)N[C@@H]1CN[C@H](C(=O)O)C1. The molecule has 1 fully saturated rings. The molecule has 2 rings (SSSR count). The Balaban J connectivity index is 1.66. The summed E-state index contributed by atoms with van der Waals surface area (Å²) in [7, 11) is 0. The molecule has 0 spiro atoms. The summed E-state index contributed by atoms with van der Waals surface area (Å²) in [6.07, 6.45) is 2.47. The van der Waals surface area contributed by atoms with Gasteiger partial charge in [0.2, 0.25) is 5.91 Å². The fraction of sp³-hybridized carbons (Fsp3) is 0.467. The minimum absolute atomic E-state index is 0.0261. The quantitative estimate of drug-likeness (QED) is 0.745. The number of rotatable bonds is 6. The molecule has 0 saturated carbocycles. The van der Waals surface area contributed by atoms with Crippen molar-refractivity contribution in [3.8, 4) is 0 Å². The van der Waals surface area contributed by atoms with Crippen molar-refractivity contribution in [3.63, 3.8) is 0 Å². The highest BCUT2D eigenvalue weighted by Gasteiger charge is 2.29. The highest BCUT2D eigenvalue weighted by atomic mass is 35.5. The average Bonchev–Trinajstić information content (AvgIpc) is 2.90. The molecule has 1 aliphatic rings. The normalized spacial score (nSPS) is 21.2. The number of carbonyl (C=O) groups excluding carboxylic acids is 1. The van der Waals surface area contributed by atoms with Crippen LogP contribution in [-0.4, -0.2) is 35.6 Å². The van der Waals surface area contributed by atoms with Gasteiger partial charge < -0.3 is 15.7 Å². The molecule has 1 aromatic rings. The summed E-state index contributed by atoms with van der Waals surface area (Å²) in [6, 6.07) is 6.95. The molecule has 1 aliphatic heterocycles. The maximum atomic E-state index is 11.8. The van der Waals surface area contributed by atoms with Crippen LogP contribution in [0.15, 0.2) is 24.3 Å². The third-order valence-electron chi connectivity index (χ3n) is 3.58. The van der Waals surface area contributed by atoms with E-state index in [0.29, 0.717) is 24.4 Å². The van der Waals surface area contributed by atoms with Crippen LogP contribution in [0.5, 0.6) is 0 Å². The second kappa shape index (κ2) is 7.43. The summed E-state index contributed by atoms with van der Waals surface area (Å²) in [5.74, 6) is -0.892. The molecule has 0 aromatic heterocycles. The van der Waals surface area contributed by atoms with Gasteiger partial charge in [0.1, 0.15) is 6.04 Å². The number of nitrogens with one attached hydrogen (secondary N) is 2. The second-order valence-electron chi connectivity index (χ2n) is 5.28. The number of hydrogen-bond acceptors (Lipinski definition) is 3. The molecule has 5 nitrogen and oxygen atoms in total. The number of halogens is 1. The monoisotopic (exact) mass is 310 g/mol. The molecule has 6 heteroatoms. The van der Waals surface area contributed by atoms with E-state index < -0.39 is 12.0 Å². The number of carboxylic acids is 1. The van der Waals surface area contributed by atoms with Crippen LogP contribution in [0.3, 0.4) is 0 Å². The molecule has 1 aromatic carbocycles. The van der Waals surface area contributed by atoms with Gasteiger partial charge in [-0.25, -0.2) is 0 Å². The lowest BCUT2D eigenvalue weighted by Gasteiger charge is -2.11. The largest absolute Gasteiger partial charge is 0.480 e. The maximum absolute atomic E-state index is 11.8. The molecule has 0 aliphatic carbocycles. The molecule has 21 heavy (non-hydrogen) atoms. The lowest BCUT2D eigenvalue weighted by Crippen LogP contribution is -2.36. The maximum Gasteiger partial charge on any atom is 0.320 e. The van der Waals surface area contributed by atoms with Gasteiger partial charge in [-0.15, -0.1) is 0 Å². The van der Waals surface area contributed by atoms with Gasteiger partial charge in [-0.05, 0) is 37.0 Å². The van der Waals surface area contributed by atoms with E-state index >= 15 is 0 Å². The second-order valence-corrected chi connectivity index (χ2v) is 5.72. The zero-order valence-corrected chi connectivity index (χ0v) is 12.4. The summed E-state index contributed by atoms with van der Waals surface area (Å²) in [5, 5.41) is 15.3. The zero-order valence-electron chi connectivity index (χ0n) is 11.6. The number of aliphatic carboxylic acids is 1. The van der Waals surface area contributed by atoms with Crippen LogP contribution in [0.1, 0.15) is 24.8 Å². The Labute approximate surface area is 128 Å². The molecular formula is C15H19ClN2O3. The van der Waals surface area contributed by atoms with Gasteiger partial charge in [0, 0.05) is 24.0 Å². The Kier molecular flexibility index (Phi) is 5.59. The summed E-state index contributed by atoms with van der Waals surface area (Å²) < 4.78 is 0. The van der Waals surface area contributed by atoms with Crippen LogP contribution in [-0.2, 0) is 16.0 Å². The van der Waals surface area contributed by atoms with Crippen molar-refractivity contribution in [2.75, 3.05) is 6.54 Å². The van der Waals surface area contributed by atoms with Crippen molar-refractivity contribution < 1.29 is 14.7 Å². The fourth-order valence-corrected chi connectivity index (χ4v) is 2.56. The van der Waals surface area contributed by atoms with Gasteiger partial charge in [0.05, 0.1) is 0 Å². The van der Waals surface area contributed by atoms with E-state index in [9.17, 15) is 9.59 Å². The summed E-state index contributed by atoms with van der Waals surface area (Å²) >= 11 is 5.81. The van der Waals surface area contributed by atoms with E-state index in [4.69, 9.17) is 16.7 Å². The third-order valence-corrected chi connectivity index (χ3v) is 3.83. The van der Waals surface area contributed by atoms with Gasteiger partial charge in [-0.2, -0.15) is 0 Å². The lowest BCUT2D eigenvalue weighted by atomic mass is 10.1. The smallest absolute Gasteiger partial charge is 0.320 e. The number of aryl methyl sites for hydroxylation is 1. The number of amides is 1. The third kappa shape index (κ3) is 5.02. The average molecular weight is 311 g/mol. The van der Waals surface area contributed by atoms with E-state index in [2.05, 4.69) is 10.6 Å². The standard InChI is InChI=1S/C15H19ClN2O3/c16-11-6-4-10(5-7-11)2-1-3-14(19)18-12-8-13(15(20)21)17-9-12/h4-7,12-13,17H,1-3,8-9H2,(H,18,19)(H,20,21)/t12-,13-/m0/s1. The van der Waals surface area contributed by atoms with Gasteiger partial charge >= 0.3 is 5.97 Å². The molecule has 114 valence electrons. The van der Waals surface area contributed by atoms with Crippen molar-refractivity contribution in [1.82, 2.24) is 10.6 Å². The van der Waals surface area contributed by atoms with E-state index in [0.717, 1.165) is 18.4 Å². The van der Waals surface area contributed by atoms with Crippen LogP contribution in [0, 0.1) is 0 Å². The molecule has 0 unspecified atom stereocenters. The molecule has 1 heterocycles. The van der Waals surface area contributed by atoms with Crippen molar-refractivity contribution in [1.29, 1.82) is 0 Å². The molecule has 2 atom stereocenters. The van der Waals surface area contributed by atoms with Gasteiger partial charge in [0.25, 0.3) is 0 Å². The highest BCUT2D eigenvalue weighted by Crippen LogP contribution is 2.12. The van der Waals surface area contributed by atoms with E-state index in [1.54, 1.807) is 0 Å². The first-order valence-electron chi connectivity index (χ1n) is 7.04. The first-order valence-corrected chi connectivity index (χ1v) is 7.42. The molecule has 1 amide bonds. The van der Waals surface area contributed by atoms with Crippen molar-refractivity contribution in [2.45, 2.75) is 37.8 Å². The van der Waals surface area contributed by atoms with Crippen molar-refractivity contribution >= 4 is 23.5 Å². The zero-order chi connectivity index (χ0) is 15.2. The van der Waals surface area contributed by atoms with E-state index in [1.165, 1.54) is 0 Å². The Morgan fingerprint density at radius 3 is 2.67 bits per heavy atom. The minimum Gasteiger partial charge on any atom is -0.480 e. The fourth-order valence-electron chi connectivity index (χ4n) is 2.44. The number of benzene rings is 1. The molecule has 1 saturated heterocycles. The Morgan fingerprint density at radius 2 is 2.05 bits per heavy atom. The minimum atomic E-state index is -0.866. The van der Waals surface area contributed by atoms with Gasteiger partial charge in [0.15, 0.2) is 0 Å². The highest BCUT2D eigenvalue weighted by molar-refractivity contribution is 6.30. The van der Waals surface area contributed by atoms with Crippen LogP contribution in [0.4, 0.5) is 0 Å². The number of carbonyl (C=O) groups is 2. The molecule has 0 bridgehead atoms. The van der Waals surface area contributed by atoms with Gasteiger partial charge in [-0.3, -0.25) is 9.59 Å². The predicted octanol–water partition coefficient (Wildman–Crippen LogP) is 1.59. The summed E-state index contributed by atoms with van der Waals surface area (Å²) in [4.78, 5) is 22.6. The Hall–Kier alpha value is -1.59. The van der Waals surface area contributed by atoms with Crippen LogP contribution < -0.4 is 10.6 Å². The van der Waals surface area contributed by atoms with Crippen molar-refractivity contribution in [3.05, 3.63) is 34.9 Å². The van der Waals surface area contributed by atoms with Crippen LogP contribution >= 0.6 is 11.6 Å². The molecule has 3 N–H and O–H groups in total. The lowest BCUT2D eigenvalue weighted by molar-refractivity contribution is -0.139. The Morgan fingerprint density at radius 1 is 1.33 bits per heavy atom. The number of carboxylic acid groups (broad SMARTS) is 1. The van der Waals surface area contributed by atoms with Crippen LogP contribution in [0.25, 0.3) is 0 Å². The topological polar surface area (TPSA) is 78.4 Å². The Bertz CT molecular complexity index is 504. The van der Waals surface area contributed by atoms with E-state index in [-0.39, 0.29) is 11.9 Å². The summed E-state index contributed by atoms with van der Waals surface area (Å²) in [6.45, 7) is 0.514. The van der Waals surface area contributed by atoms with E-state index in [1.807, 2.05) is 24.3 Å². The van der Waals surface area contributed by atoms with Gasteiger partial charge in [-0.1, -0.05) is 23.7 Å². The first kappa shape index (κ1) is 15.8. The first-order chi connectivity index (χ1) is 10.0. The van der Waals surface area contributed by atoms with Crippen molar-refractivity contribution in [2.24, 2.45) is 0 Å². The predicted molar refractivity (Wildman–Crippen MR) is 80.4 cm³/mol. The molecule has 0 radical (unpaired) electrons. The number of hydrogen-bond donors (Lipinski definition) is 3. The molecular weight excluding hydrogens is 292 g/mol. The summed E-state index contributed by atoms with van der Waals surface area (Å²) in [5.41, 5.74) is 1.15. The van der Waals surface area contributed by atoms with Crippen LogP contribution in [0.2, 0.25) is 5.02 Å².